The summed E-state index contributed by atoms with van der Waals surface area (Å²) < 4.78 is 0. The Morgan fingerprint density at radius 2 is 1.89 bits per heavy atom. The highest BCUT2D eigenvalue weighted by Crippen LogP contribution is 2.41. The maximum Gasteiger partial charge on any atom is 0.0896 e. The summed E-state index contributed by atoms with van der Waals surface area (Å²) in [6.45, 7) is 2.32. The molecule has 0 spiro atoms. The highest BCUT2D eigenvalue weighted by atomic mass is 16.3. The molecule has 0 saturated heterocycles. The van der Waals surface area contributed by atoms with E-state index in [9.17, 15) is 5.11 Å². The molecular formula is C18H26O. The molecule has 0 amide bonds. The van der Waals surface area contributed by atoms with Gasteiger partial charge < -0.3 is 5.11 Å². The summed E-state index contributed by atoms with van der Waals surface area (Å²) in [7, 11) is 0. The fourth-order valence-electron chi connectivity index (χ4n) is 3.61. The smallest absolute Gasteiger partial charge is 0.0896 e. The normalized spacial score (nSPS) is 32.6. The summed E-state index contributed by atoms with van der Waals surface area (Å²) in [6, 6.07) is 8.82. The van der Waals surface area contributed by atoms with Gasteiger partial charge in [-0.2, -0.15) is 0 Å². The van der Waals surface area contributed by atoms with E-state index in [2.05, 4.69) is 31.2 Å². The Labute approximate surface area is 117 Å². The summed E-state index contributed by atoms with van der Waals surface area (Å²) >= 11 is 0. The first-order chi connectivity index (χ1) is 9.17. The quantitative estimate of drug-likeness (QED) is 0.759. The molecule has 104 valence electrons. The van der Waals surface area contributed by atoms with Crippen molar-refractivity contribution in [2.24, 2.45) is 5.92 Å². The molecule has 0 bridgehead atoms. The maximum atomic E-state index is 11.0. The largest absolute Gasteiger partial charge is 0.385 e. The van der Waals surface area contributed by atoms with Crippen LogP contribution in [0.4, 0.5) is 0 Å². The van der Waals surface area contributed by atoms with Crippen molar-refractivity contribution in [3.05, 3.63) is 35.4 Å². The van der Waals surface area contributed by atoms with Crippen LogP contribution in [0.25, 0.3) is 0 Å². The van der Waals surface area contributed by atoms with Crippen molar-refractivity contribution in [2.75, 3.05) is 0 Å². The van der Waals surface area contributed by atoms with Crippen molar-refractivity contribution < 1.29 is 5.11 Å². The number of aliphatic hydroxyl groups is 1. The van der Waals surface area contributed by atoms with Crippen LogP contribution in [0.3, 0.4) is 0 Å². The Balaban J connectivity index is 1.83. The van der Waals surface area contributed by atoms with E-state index >= 15 is 0 Å². The lowest BCUT2D eigenvalue weighted by atomic mass is 9.77. The average Bonchev–Trinajstić information content (AvgIpc) is 2.51. The first-order valence-electron chi connectivity index (χ1n) is 8.00. The monoisotopic (exact) mass is 258 g/mol. The maximum absolute atomic E-state index is 11.0. The molecule has 2 aliphatic carbocycles. The number of hydrogen-bond donors (Lipinski definition) is 1. The lowest BCUT2D eigenvalue weighted by Crippen LogP contribution is -2.25. The fourth-order valence-corrected chi connectivity index (χ4v) is 3.61. The minimum Gasteiger partial charge on any atom is -0.385 e. The first kappa shape index (κ1) is 13.2. The summed E-state index contributed by atoms with van der Waals surface area (Å²) in [5.41, 5.74) is 2.06. The van der Waals surface area contributed by atoms with E-state index in [0.717, 1.165) is 37.5 Å². The second-order valence-electron chi connectivity index (χ2n) is 6.82. The van der Waals surface area contributed by atoms with Gasteiger partial charge in [0, 0.05) is 0 Å². The number of rotatable bonds is 2. The van der Waals surface area contributed by atoms with Crippen molar-refractivity contribution in [3.8, 4) is 0 Å². The standard InChI is InChI=1S/C18H26O/c1-14-5-4-11-18(19,12-10-14)17-9-3-8-16(13-17)15-6-2-7-15/h3,8-9,13-15,19H,2,4-7,10-12H2,1H3. The van der Waals surface area contributed by atoms with Crippen LogP contribution in [0.2, 0.25) is 0 Å². The van der Waals surface area contributed by atoms with Crippen LogP contribution in [-0.2, 0) is 5.60 Å². The second kappa shape index (κ2) is 5.28. The molecule has 1 heteroatoms. The predicted octanol–water partition coefficient (Wildman–Crippen LogP) is 4.74. The van der Waals surface area contributed by atoms with E-state index in [0.29, 0.717) is 0 Å². The highest BCUT2D eigenvalue weighted by Gasteiger charge is 2.32. The predicted molar refractivity (Wildman–Crippen MR) is 79.2 cm³/mol. The van der Waals surface area contributed by atoms with E-state index in [4.69, 9.17) is 0 Å². The molecule has 2 unspecified atom stereocenters. The highest BCUT2D eigenvalue weighted by molar-refractivity contribution is 5.31. The van der Waals surface area contributed by atoms with Gasteiger partial charge in [-0.3, -0.25) is 0 Å². The van der Waals surface area contributed by atoms with Gasteiger partial charge in [-0.25, -0.2) is 0 Å². The Hall–Kier alpha value is -0.820. The van der Waals surface area contributed by atoms with Gasteiger partial charge in [0.2, 0.25) is 0 Å². The molecule has 0 radical (unpaired) electrons. The molecule has 2 fully saturated rings. The Bertz CT molecular complexity index is 435. The Kier molecular flexibility index (Phi) is 3.66. The molecule has 2 atom stereocenters. The van der Waals surface area contributed by atoms with Crippen LogP contribution in [0.1, 0.15) is 75.3 Å². The van der Waals surface area contributed by atoms with Crippen LogP contribution in [0.5, 0.6) is 0 Å². The molecule has 0 heterocycles. The Morgan fingerprint density at radius 3 is 2.63 bits per heavy atom. The van der Waals surface area contributed by atoms with Crippen molar-refractivity contribution >= 4 is 0 Å². The minimum atomic E-state index is -0.565. The lowest BCUT2D eigenvalue weighted by molar-refractivity contribution is 0.0197. The molecular weight excluding hydrogens is 232 g/mol. The molecule has 2 aliphatic rings. The van der Waals surface area contributed by atoms with Gasteiger partial charge in [0.1, 0.15) is 0 Å². The SMILES string of the molecule is CC1CCCC(O)(c2cccc(C3CCC3)c2)CC1. The zero-order valence-electron chi connectivity index (χ0n) is 12.1. The first-order valence-corrected chi connectivity index (χ1v) is 8.00. The van der Waals surface area contributed by atoms with Gasteiger partial charge in [-0.1, -0.05) is 44.0 Å². The molecule has 2 saturated carbocycles. The van der Waals surface area contributed by atoms with Gasteiger partial charge in [0.05, 0.1) is 5.60 Å². The lowest BCUT2D eigenvalue weighted by Gasteiger charge is -2.30. The Morgan fingerprint density at radius 1 is 1.05 bits per heavy atom. The molecule has 19 heavy (non-hydrogen) atoms. The summed E-state index contributed by atoms with van der Waals surface area (Å²) in [5.74, 6) is 1.53. The van der Waals surface area contributed by atoms with Crippen LogP contribution >= 0.6 is 0 Å². The number of benzene rings is 1. The molecule has 1 nitrogen and oxygen atoms in total. The van der Waals surface area contributed by atoms with Crippen LogP contribution < -0.4 is 0 Å². The molecule has 1 aromatic rings. The number of hydrogen-bond acceptors (Lipinski definition) is 1. The average molecular weight is 258 g/mol. The third kappa shape index (κ3) is 2.72. The topological polar surface area (TPSA) is 20.2 Å². The van der Waals surface area contributed by atoms with Gasteiger partial charge >= 0.3 is 0 Å². The third-order valence-electron chi connectivity index (χ3n) is 5.34. The zero-order valence-corrected chi connectivity index (χ0v) is 12.1. The van der Waals surface area contributed by atoms with Gasteiger partial charge in [0.15, 0.2) is 0 Å². The molecule has 1 aromatic carbocycles. The zero-order chi connectivity index (χ0) is 13.3. The van der Waals surface area contributed by atoms with Crippen molar-refractivity contribution in [3.63, 3.8) is 0 Å². The minimum absolute atomic E-state index is 0.565. The molecule has 0 aromatic heterocycles. The van der Waals surface area contributed by atoms with Crippen molar-refractivity contribution in [2.45, 2.75) is 69.8 Å². The second-order valence-corrected chi connectivity index (χ2v) is 6.82. The van der Waals surface area contributed by atoms with E-state index in [-0.39, 0.29) is 0 Å². The summed E-state index contributed by atoms with van der Waals surface area (Å²) in [6.07, 6.45) is 9.49. The van der Waals surface area contributed by atoms with Crippen LogP contribution in [-0.4, -0.2) is 5.11 Å². The van der Waals surface area contributed by atoms with Gasteiger partial charge in [-0.05, 0) is 61.5 Å². The van der Waals surface area contributed by atoms with E-state index in [1.807, 2.05) is 0 Å². The van der Waals surface area contributed by atoms with Crippen LogP contribution in [0.15, 0.2) is 24.3 Å². The van der Waals surface area contributed by atoms with Crippen LogP contribution in [0, 0.1) is 5.92 Å². The molecule has 1 N–H and O–H groups in total. The third-order valence-corrected chi connectivity index (χ3v) is 5.34. The summed E-state index contributed by atoms with van der Waals surface area (Å²) in [4.78, 5) is 0. The van der Waals surface area contributed by atoms with Crippen molar-refractivity contribution in [1.29, 1.82) is 0 Å². The molecule has 3 rings (SSSR count). The fraction of sp³-hybridized carbons (Fsp3) is 0.667. The van der Waals surface area contributed by atoms with Gasteiger partial charge in [0.25, 0.3) is 0 Å². The summed E-state index contributed by atoms with van der Waals surface area (Å²) in [5, 5.41) is 11.0. The van der Waals surface area contributed by atoms with E-state index in [1.165, 1.54) is 36.8 Å². The van der Waals surface area contributed by atoms with E-state index < -0.39 is 5.60 Å². The van der Waals surface area contributed by atoms with Gasteiger partial charge in [-0.15, -0.1) is 0 Å². The van der Waals surface area contributed by atoms with E-state index in [1.54, 1.807) is 0 Å². The molecule has 0 aliphatic heterocycles. The van der Waals surface area contributed by atoms with Crippen molar-refractivity contribution in [1.82, 2.24) is 0 Å².